The first-order chi connectivity index (χ1) is 6.58. The van der Waals surface area contributed by atoms with Gasteiger partial charge in [-0.3, -0.25) is 9.78 Å². The maximum atomic E-state index is 11.1. The number of aryl methyl sites for hydroxylation is 1. The van der Waals surface area contributed by atoms with E-state index in [0.717, 1.165) is 5.69 Å². The van der Waals surface area contributed by atoms with Gasteiger partial charge in [0.1, 0.15) is 0 Å². The van der Waals surface area contributed by atoms with Crippen molar-refractivity contribution >= 4 is 17.6 Å². The van der Waals surface area contributed by atoms with Gasteiger partial charge in [-0.25, -0.2) is 0 Å². The Balaban J connectivity index is 2.56. The summed E-state index contributed by atoms with van der Waals surface area (Å²) in [5.74, 6) is -0.796. The van der Waals surface area contributed by atoms with Crippen LogP contribution in [0.25, 0.3) is 0 Å². The highest BCUT2D eigenvalue weighted by Crippen LogP contribution is 2.51. The lowest BCUT2D eigenvalue weighted by molar-refractivity contribution is -0.140. The second kappa shape index (κ2) is 2.95. The van der Waals surface area contributed by atoms with Gasteiger partial charge in [-0.2, -0.15) is 0 Å². The minimum atomic E-state index is -0.796. The predicted molar refractivity (Wildman–Crippen MR) is 52.5 cm³/mol. The highest BCUT2D eigenvalue weighted by molar-refractivity contribution is 6.31. The van der Waals surface area contributed by atoms with E-state index in [1.54, 1.807) is 19.2 Å². The van der Waals surface area contributed by atoms with Crippen LogP contribution in [0.5, 0.6) is 0 Å². The molecule has 1 aromatic rings. The number of aliphatic carboxylic acids is 1. The summed E-state index contributed by atoms with van der Waals surface area (Å²) in [6, 6.07) is 1.65. The van der Waals surface area contributed by atoms with E-state index in [1.807, 2.05) is 0 Å². The summed E-state index contributed by atoms with van der Waals surface area (Å²) in [5, 5.41) is 9.63. The van der Waals surface area contributed by atoms with Crippen molar-refractivity contribution in [3.8, 4) is 0 Å². The fourth-order valence-electron chi connectivity index (χ4n) is 1.81. The van der Waals surface area contributed by atoms with Gasteiger partial charge in [-0.15, -0.1) is 0 Å². The summed E-state index contributed by atoms with van der Waals surface area (Å²) in [5.41, 5.74) is 0.654. The highest BCUT2D eigenvalue weighted by atomic mass is 35.5. The smallest absolute Gasteiger partial charge is 0.314 e. The van der Waals surface area contributed by atoms with Gasteiger partial charge < -0.3 is 5.11 Å². The quantitative estimate of drug-likeness (QED) is 0.816. The van der Waals surface area contributed by atoms with Crippen LogP contribution >= 0.6 is 11.6 Å². The predicted octanol–water partition coefficient (Wildman–Crippen LogP) is 2.16. The maximum absolute atomic E-state index is 11.1. The van der Waals surface area contributed by atoms with Crippen LogP contribution < -0.4 is 0 Å². The fourth-order valence-corrected chi connectivity index (χ4v) is 2.18. The zero-order chi connectivity index (χ0) is 10.3. The number of halogens is 1. The van der Waals surface area contributed by atoms with Gasteiger partial charge in [0.15, 0.2) is 0 Å². The van der Waals surface area contributed by atoms with E-state index in [1.165, 1.54) is 0 Å². The molecule has 1 aliphatic carbocycles. The van der Waals surface area contributed by atoms with Gasteiger partial charge in [-0.1, -0.05) is 11.6 Å². The molecule has 0 bridgehead atoms. The monoisotopic (exact) mass is 211 g/mol. The van der Waals surface area contributed by atoms with Crippen LogP contribution in [0.15, 0.2) is 12.3 Å². The van der Waals surface area contributed by atoms with Crippen LogP contribution in [0, 0.1) is 6.92 Å². The molecule has 4 heteroatoms. The molecule has 74 valence electrons. The molecule has 0 unspecified atom stereocenters. The molecule has 0 amide bonds. The lowest BCUT2D eigenvalue weighted by Gasteiger charge is -2.13. The van der Waals surface area contributed by atoms with Crippen molar-refractivity contribution in [2.24, 2.45) is 0 Å². The van der Waals surface area contributed by atoms with Gasteiger partial charge in [0, 0.05) is 22.5 Å². The second-order valence-electron chi connectivity index (χ2n) is 3.64. The van der Waals surface area contributed by atoms with Crippen LogP contribution in [0.1, 0.15) is 24.1 Å². The number of aromatic nitrogens is 1. The molecule has 1 saturated carbocycles. The van der Waals surface area contributed by atoms with E-state index in [0.29, 0.717) is 23.4 Å². The Morgan fingerprint density at radius 2 is 2.29 bits per heavy atom. The van der Waals surface area contributed by atoms with E-state index < -0.39 is 11.4 Å². The molecule has 2 rings (SSSR count). The Labute approximate surface area is 86.7 Å². The molecule has 0 aromatic carbocycles. The van der Waals surface area contributed by atoms with Gasteiger partial charge in [0.2, 0.25) is 0 Å². The van der Waals surface area contributed by atoms with Crippen molar-refractivity contribution in [3.05, 3.63) is 28.5 Å². The molecule has 0 spiro atoms. The van der Waals surface area contributed by atoms with Crippen molar-refractivity contribution in [1.82, 2.24) is 4.98 Å². The average molecular weight is 212 g/mol. The first-order valence-corrected chi connectivity index (χ1v) is 4.81. The molecule has 0 aliphatic heterocycles. The van der Waals surface area contributed by atoms with Gasteiger partial charge in [-0.05, 0) is 25.8 Å². The van der Waals surface area contributed by atoms with E-state index >= 15 is 0 Å². The molecule has 1 aromatic heterocycles. The number of carboxylic acid groups (broad SMARTS) is 1. The summed E-state index contributed by atoms with van der Waals surface area (Å²) in [6.45, 7) is 1.80. The van der Waals surface area contributed by atoms with Crippen molar-refractivity contribution in [2.45, 2.75) is 25.2 Å². The van der Waals surface area contributed by atoms with Crippen LogP contribution in [0.2, 0.25) is 5.02 Å². The molecular formula is C10H10ClNO2. The van der Waals surface area contributed by atoms with Crippen molar-refractivity contribution in [2.75, 3.05) is 0 Å². The molecule has 3 nitrogen and oxygen atoms in total. The molecule has 1 aliphatic rings. The van der Waals surface area contributed by atoms with Crippen LogP contribution in [0.3, 0.4) is 0 Å². The molecule has 1 N–H and O–H groups in total. The second-order valence-corrected chi connectivity index (χ2v) is 4.05. The van der Waals surface area contributed by atoms with E-state index in [4.69, 9.17) is 16.7 Å². The number of pyridine rings is 1. The molecule has 1 fully saturated rings. The summed E-state index contributed by atoms with van der Waals surface area (Å²) in [6.07, 6.45) is 2.92. The summed E-state index contributed by atoms with van der Waals surface area (Å²) >= 11 is 5.99. The Morgan fingerprint density at radius 1 is 1.64 bits per heavy atom. The summed E-state index contributed by atoms with van der Waals surface area (Å²) < 4.78 is 0. The third-order valence-corrected chi connectivity index (χ3v) is 3.04. The molecule has 0 radical (unpaired) electrons. The number of hydrogen-bond donors (Lipinski definition) is 1. The minimum absolute atomic E-state index is 0.511. The molecular weight excluding hydrogens is 202 g/mol. The zero-order valence-electron chi connectivity index (χ0n) is 7.75. The first kappa shape index (κ1) is 9.46. The Hall–Kier alpha value is -1.09. The standard InChI is InChI=1S/C10H10ClNO2/c1-6-8(7(11)2-5-12-6)10(3-4-10)9(13)14/h2,5H,3-4H2,1H3,(H,13,14). The minimum Gasteiger partial charge on any atom is -0.481 e. The number of rotatable bonds is 2. The van der Waals surface area contributed by atoms with Gasteiger partial charge in [0.25, 0.3) is 0 Å². The van der Waals surface area contributed by atoms with Crippen molar-refractivity contribution < 1.29 is 9.90 Å². The summed E-state index contributed by atoms with van der Waals surface area (Å²) in [4.78, 5) is 15.2. The average Bonchev–Trinajstić information content (AvgIpc) is 2.85. The van der Waals surface area contributed by atoms with Crippen molar-refractivity contribution in [1.29, 1.82) is 0 Å². The third-order valence-electron chi connectivity index (χ3n) is 2.73. The Morgan fingerprint density at radius 3 is 2.71 bits per heavy atom. The normalized spacial score (nSPS) is 17.9. The highest BCUT2D eigenvalue weighted by Gasteiger charge is 2.53. The molecule has 0 atom stereocenters. The first-order valence-electron chi connectivity index (χ1n) is 4.43. The SMILES string of the molecule is Cc1nccc(Cl)c1C1(C(=O)O)CC1. The molecule has 1 heterocycles. The van der Waals surface area contributed by atoms with Crippen LogP contribution in [-0.4, -0.2) is 16.1 Å². The Bertz CT molecular complexity index is 379. The number of carboxylic acids is 1. The van der Waals surface area contributed by atoms with Crippen molar-refractivity contribution in [3.63, 3.8) is 0 Å². The van der Waals surface area contributed by atoms with Gasteiger partial charge in [0.05, 0.1) is 5.41 Å². The molecule has 14 heavy (non-hydrogen) atoms. The topological polar surface area (TPSA) is 50.2 Å². The Kier molecular flexibility index (Phi) is 2.00. The van der Waals surface area contributed by atoms with Crippen LogP contribution in [0.4, 0.5) is 0 Å². The lowest BCUT2D eigenvalue weighted by Crippen LogP contribution is -2.21. The summed E-state index contributed by atoms with van der Waals surface area (Å²) in [7, 11) is 0. The third kappa shape index (κ3) is 1.20. The fraction of sp³-hybridized carbons (Fsp3) is 0.400. The molecule has 0 saturated heterocycles. The largest absolute Gasteiger partial charge is 0.481 e. The zero-order valence-corrected chi connectivity index (χ0v) is 8.51. The van der Waals surface area contributed by atoms with Gasteiger partial charge >= 0.3 is 5.97 Å². The van der Waals surface area contributed by atoms with E-state index in [-0.39, 0.29) is 0 Å². The van der Waals surface area contributed by atoms with E-state index in [9.17, 15) is 4.79 Å². The van der Waals surface area contributed by atoms with E-state index in [2.05, 4.69) is 4.98 Å². The number of carbonyl (C=O) groups is 1. The lowest BCUT2D eigenvalue weighted by atomic mass is 9.95. The number of hydrogen-bond acceptors (Lipinski definition) is 2. The number of nitrogens with zero attached hydrogens (tertiary/aromatic N) is 1. The van der Waals surface area contributed by atoms with Crippen LogP contribution in [-0.2, 0) is 10.2 Å². The maximum Gasteiger partial charge on any atom is 0.314 e.